The van der Waals surface area contributed by atoms with Gasteiger partial charge < -0.3 is 14.7 Å². The lowest BCUT2D eigenvalue weighted by Crippen LogP contribution is -2.26. The highest BCUT2D eigenvalue weighted by atomic mass is 32.1. The lowest BCUT2D eigenvalue weighted by atomic mass is 10.4. The van der Waals surface area contributed by atoms with Crippen LogP contribution >= 0.6 is 11.3 Å². The molecule has 2 rings (SSSR count). The zero-order valence-electron chi connectivity index (χ0n) is 10.5. The van der Waals surface area contributed by atoms with Crippen molar-refractivity contribution in [3.63, 3.8) is 0 Å². The molecule has 0 aromatic carbocycles. The van der Waals surface area contributed by atoms with Crippen LogP contribution < -0.4 is 5.32 Å². The summed E-state index contributed by atoms with van der Waals surface area (Å²) < 4.78 is 4.84. The van der Waals surface area contributed by atoms with Crippen molar-refractivity contribution in [2.24, 2.45) is 5.16 Å². The van der Waals surface area contributed by atoms with E-state index in [0.29, 0.717) is 11.6 Å². The highest BCUT2D eigenvalue weighted by Crippen LogP contribution is 2.08. The molecule has 0 fully saturated rings. The number of rotatable bonds is 5. The van der Waals surface area contributed by atoms with Gasteiger partial charge in [-0.1, -0.05) is 16.4 Å². The van der Waals surface area contributed by atoms with Crippen molar-refractivity contribution in [2.45, 2.75) is 20.0 Å². The lowest BCUT2D eigenvalue weighted by Gasteiger charge is -2.07. The van der Waals surface area contributed by atoms with Gasteiger partial charge in [0.05, 0.1) is 6.21 Å². The van der Waals surface area contributed by atoms with E-state index in [1.807, 2.05) is 17.5 Å². The molecule has 2 aromatic heterocycles. The largest absolute Gasteiger partial charge is 0.383 e. The lowest BCUT2D eigenvalue weighted by molar-refractivity contribution is -0.126. The zero-order valence-corrected chi connectivity index (χ0v) is 11.3. The van der Waals surface area contributed by atoms with E-state index < -0.39 is 6.10 Å². The van der Waals surface area contributed by atoms with Crippen LogP contribution in [0.5, 0.6) is 0 Å². The highest BCUT2D eigenvalue weighted by molar-refractivity contribution is 7.11. The molecule has 0 aliphatic carbocycles. The van der Waals surface area contributed by atoms with Gasteiger partial charge in [-0.2, -0.15) is 0 Å². The van der Waals surface area contributed by atoms with Crippen LogP contribution in [0.4, 0.5) is 5.82 Å². The van der Waals surface area contributed by atoms with Crippen molar-refractivity contribution in [3.8, 4) is 0 Å². The predicted octanol–water partition coefficient (Wildman–Crippen LogP) is 2.42. The summed E-state index contributed by atoms with van der Waals surface area (Å²) in [5.41, 5.74) is 0. The minimum Gasteiger partial charge on any atom is -0.383 e. The van der Waals surface area contributed by atoms with E-state index in [9.17, 15) is 4.79 Å². The molecule has 7 heteroatoms. The maximum atomic E-state index is 11.7. The van der Waals surface area contributed by atoms with Gasteiger partial charge in [0.1, 0.15) is 5.76 Å². The van der Waals surface area contributed by atoms with Crippen molar-refractivity contribution < 1.29 is 14.2 Å². The predicted molar refractivity (Wildman–Crippen MR) is 72.3 cm³/mol. The summed E-state index contributed by atoms with van der Waals surface area (Å²) in [6, 6.07) is 5.44. The molecular formula is C12H13N3O3S. The fraction of sp³-hybridized carbons (Fsp3) is 0.250. The summed E-state index contributed by atoms with van der Waals surface area (Å²) in [4.78, 5) is 17.7. The first kappa shape index (κ1) is 13.3. The summed E-state index contributed by atoms with van der Waals surface area (Å²) >= 11 is 1.54. The molecule has 100 valence electrons. The standard InChI is InChI=1S/C12H13N3O3S/c1-8-6-11(15-17-8)14-12(16)9(2)18-13-7-10-4-3-5-19-10/h3-7,9H,1-2H3,(H,14,15,16)/b13-7+. The Labute approximate surface area is 114 Å². The maximum Gasteiger partial charge on any atom is 0.269 e. The molecule has 0 radical (unpaired) electrons. The maximum absolute atomic E-state index is 11.7. The number of aryl methyl sites for hydroxylation is 1. The number of thiophene rings is 1. The number of hydrogen-bond donors (Lipinski definition) is 1. The number of nitrogens with one attached hydrogen (secondary N) is 1. The van der Waals surface area contributed by atoms with E-state index in [4.69, 9.17) is 9.36 Å². The molecule has 0 bridgehead atoms. The summed E-state index contributed by atoms with van der Waals surface area (Å²) in [5, 5.41) is 11.9. The molecule has 0 aliphatic rings. The average Bonchev–Trinajstić information content (AvgIpc) is 3.01. The minimum absolute atomic E-state index is 0.336. The Hall–Kier alpha value is -2.15. The molecule has 0 spiro atoms. The first-order chi connectivity index (χ1) is 9.15. The number of anilines is 1. The number of aromatic nitrogens is 1. The summed E-state index contributed by atoms with van der Waals surface area (Å²) in [6.45, 7) is 3.35. The van der Waals surface area contributed by atoms with Gasteiger partial charge in [0, 0.05) is 10.9 Å². The third-order valence-corrected chi connectivity index (χ3v) is 3.00. The van der Waals surface area contributed by atoms with E-state index in [-0.39, 0.29) is 5.91 Å². The Morgan fingerprint density at radius 2 is 2.53 bits per heavy atom. The molecule has 0 aliphatic heterocycles. The van der Waals surface area contributed by atoms with Crippen molar-refractivity contribution in [2.75, 3.05) is 5.32 Å². The molecule has 2 heterocycles. The van der Waals surface area contributed by atoms with Crippen molar-refractivity contribution >= 4 is 29.3 Å². The van der Waals surface area contributed by atoms with E-state index in [2.05, 4.69) is 15.6 Å². The fourth-order valence-corrected chi connectivity index (χ4v) is 1.81. The van der Waals surface area contributed by atoms with E-state index in [1.165, 1.54) is 11.3 Å². The van der Waals surface area contributed by atoms with Crippen LogP contribution in [0.2, 0.25) is 0 Å². The molecule has 1 atom stereocenters. The summed E-state index contributed by atoms with van der Waals surface area (Å²) in [7, 11) is 0. The Morgan fingerprint density at radius 1 is 1.68 bits per heavy atom. The second-order valence-electron chi connectivity index (χ2n) is 3.81. The van der Waals surface area contributed by atoms with Gasteiger partial charge in [-0.05, 0) is 25.3 Å². The third kappa shape index (κ3) is 3.92. The number of amides is 1. The van der Waals surface area contributed by atoms with Gasteiger partial charge in [0.2, 0.25) is 6.10 Å². The Morgan fingerprint density at radius 3 is 3.16 bits per heavy atom. The Bertz CT molecular complexity index is 563. The van der Waals surface area contributed by atoms with Crippen molar-refractivity contribution in [3.05, 3.63) is 34.2 Å². The molecule has 1 unspecified atom stereocenters. The Balaban J connectivity index is 1.82. The van der Waals surface area contributed by atoms with Crippen LogP contribution in [-0.2, 0) is 9.63 Å². The van der Waals surface area contributed by atoms with Gasteiger partial charge in [0.25, 0.3) is 5.91 Å². The van der Waals surface area contributed by atoms with Gasteiger partial charge in [-0.15, -0.1) is 11.3 Å². The summed E-state index contributed by atoms with van der Waals surface area (Å²) in [5.74, 6) is 0.649. The third-order valence-electron chi connectivity index (χ3n) is 2.19. The normalized spacial score (nSPS) is 12.5. The van der Waals surface area contributed by atoms with Gasteiger partial charge in [-0.3, -0.25) is 4.79 Å². The topological polar surface area (TPSA) is 76.7 Å². The number of nitrogens with zero attached hydrogens (tertiary/aromatic N) is 2. The van der Waals surface area contributed by atoms with E-state index in [0.717, 1.165) is 4.88 Å². The molecule has 0 saturated heterocycles. The summed E-state index contributed by atoms with van der Waals surface area (Å²) in [6.07, 6.45) is 0.850. The van der Waals surface area contributed by atoms with Crippen LogP contribution in [-0.4, -0.2) is 23.4 Å². The SMILES string of the molecule is Cc1cc(NC(=O)C(C)O/N=C/c2cccs2)no1. The van der Waals surface area contributed by atoms with Crippen LogP contribution in [0.3, 0.4) is 0 Å². The van der Waals surface area contributed by atoms with Gasteiger partial charge >= 0.3 is 0 Å². The average molecular weight is 279 g/mol. The van der Waals surface area contributed by atoms with Crippen molar-refractivity contribution in [1.82, 2.24) is 5.16 Å². The molecule has 1 amide bonds. The van der Waals surface area contributed by atoms with E-state index in [1.54, 1.807) is 26.1 Å². The molecular weight excluding hydrogens is 266 g/mol. The number of hydrogen-bond acceptors (Lipinski definition) is 6. The first-order valence-electron chi connectivity index (χ1n) is 5.62. The second-order valence-corrected chi connectivity index (χ2v) is 4.79. The van der Waals surface area contributed by atoms with Crippen LogP contribution in [0.1, 0.15) is 17.6 Å². The molecule has 0 saturated carbocycles. The van der Waals surface area contributed by atoms with Crippen LogP contribution in [0.15, 0.2) is 33.3 Å². The van der Waals surface area contributed by atoms with Crippen LogP contribution in [0, 0.1) is 6.92 Å². The Kier molecular flexibility index (Phi) is 4.30. The number of carbonyl (C=O) groups is 1. The second kappa shape index (κ2) is 6.14. The monoisotopic (exact) mass is 279 g/mol. The quantitative estimate of drug-likeness (QED) is 0.673. The van der Waals surface area contributed by atoms with Gasteiger partial charge in [-0.25, -0.2) is 0 Å². The first-order valence-corrected chi connectivity index (χ1v) is 6.50. The molecule has 6 nitrogen and oxygen atoms in total. The zero-order chi connectivity index (χ0) is 13.7. The molecule has 19 heavy (non-hydrogen) atoms. The molecule has 2 aromatic rings. The molecule has 1 N–H and O–H groups in total. The number of oxime groups is 1. The van der Waals surface area contributed by atoms with E-state index >= 15 is 0 Å². The number of carbonyl (C=O) groups excluding carboxylic acids is 1. The van der Waals surface area contributed by atoms with Crippen molar-refractivity contribution in [1.29, 1.82) is 0 Å². The fourth-order valence-electron chi connectivity index (χ4n) is 1.24. The highest BCUT2D eigenvalue weighted by Gasteiger charge is 2.15. The smallest absolute Gasteiger partial charge is 0.269 e. The van der Waals surface area contributed by atoms with Crippen LogP contribution in [0.25, 0.3) is 0 Å². The minimum atomic E-state index is -0.715. The van der Waals surface area contributed by atoms with Gasteiger partial charge in [0.15, 0.2) is 5.82 Å².